The summed E-state index contributed by atoms with van der Waals surface area (Å²) < 4.78 is 7.37. The van der Waals surface area contributed by atoms with E-state index in [1.54, 1.807) is 0 Å². The largest absolute Gasteiger partial charge is 0.490 e. The smallest absolute Gasteiger partial charge is 0.120 e. The Morgan fingerprint density at radius 3 is 2.90 bits per heavy atom. The van der Waals surface area contributed by atoms with Crippen LogP contribution in [0.2, 0.25) is 0 Å². The molecule has 112 valence electrons. The van der Waals surface area contributed by atoms with Crippen LogP contribution in [0.4, 0.5) is 0 Å². The molecular formula is C17H26BrNO. The number of rotatable bonds is 6. The molecule has 0 spiro atoms. The molecule has 0 heterocycles. The molecule has 0 saturated heterocycles. The van der Waals surface area contributed by atoms with Crippen molar-refractivity contribution in [1.29, 1.82) is 0 Å². The second-order valence-electron chi connectivity index (χ2n) is 5.71. The lowest BCUT2D eigenvalue weighted by atomic mass is 9.85. The molecular weight excluding hydrogens is 314 g/mol. The van der Waals surface area contributed by atoms with E-state index in [0.717, 1.165) is 29.2 Å². The third-order valence-corrected chi connectivity index (χ3v) is 4.97. The van der Waals surface area contributed by atoms with Crippen molar-refractivity contribution in [3.05, 3.63) is 28.2 Å². The summed E-state index contributed by atoms with van der Waals surface area (Å²) in [6.45, 7) is 6.29. The summed E-state index contributed by atoms with van der Waals surface area (Å²) in [6, 6.07) is 6.35. The molecule has 1 aromatic rings. The molecule has 0 bridgehead atoms. The first-order valence-corrected chi connectivity index (χ1v) is 8.68. The standard InChI is InChI=1S/C17H26BrNO/c1-3-13-6-5-7-15(10-13)20-16-8-9-17(18)14(11-16)12-19-4-2/h8-9,11,13,15,19H,3-7,10,12H2,1-2H3. The van der Waals surface area contributed by atoms with Gasteiger partial charge in [0.1, 0.15) is 5.75 Å². The number of benzene rings is 1. The summed E-state index contributed by atoms with van der Waals surface area (Å²) in [5, 5.41) is 3.37. The van der Waals surface area contributed by atoms with E-state index in [9.17, 15) is 0 Å². The minimum absolute atomic E-state index is 0.404. The van der Waals surface area contributed by atoms with Gasteiger partial charge in [-0.15, -0.1) is 0 Å². The molecule has 2 unspecified atom stereocenters. The van der Waals surface area contributed by atoms with Crippen LogP contribution >= 0.6 is 15.9 Å². The number of ether oxygens (including phenoxy) is 1. The highest BCUT2D eigenvalue weighted by molar-refractivity contribution is 9.10. The van der Waals surface area contributed by atoms with Crippen LogP contribution in [0.25, 0.3) is 0 Å². The van der Waals surface area contributed by atoms with Gasteiger partial charge in [-0.05, 0) is 55.5 Å². The van der Waals surface area contributed by atoms with Crippen molar-refractivity contribution in [3.8, 4) is 5.75 Å². The summed E-state index contributed by atoms with van der Waals surface area (Å²) in [6.07, 6.45) is 6.80. The fourth-order valence-electron chi connectivity index (χ4n) is 2.93. The Bertz CT molecular complexity index is 421. The van der Waals surface area contributed by atoms with Crippen molar-refractivity contribution in [3.63, 3.8) is 0 Å². The molecule has 3 heteroatoms. The fourth-order valence-corrected chi connectivity index (χ4v) is 3.32. The van der Waals surface area contributed by atoms with Gasteiger partial charge in [-0.25, -0.2) is 0 Å². The Morgan fingerprint density at radius 1 is 1.30 bits per heavy atom. The van der Waals surface area contributed by atoms with E-state index < -0.39 is 0 Å². The third kappa shape index (κ3) is 4.49. The molecule has 0 radical (unpaired) electrons. The lowest BCUT2D eigenvalue weighted by molar-refractivity contribution is 0.122. The molecule has 1 aliphatic rings. The third-order valence-electron chi connectivity index (χ3n) is 4.20. The van der Waals surface area contributed by atoms with Gasteiger partial charge in [0.25, 0.3) is 0 Å². The van der Waals surface area contributed by atoms with Gasteiger partial charge in [-0.3, -0.25) is 0 Å². The van der Waals surface area contributed by atoms with E-state index in [4.69, 9.17) is 4.74 Å². The summed E-state index contributed by atoms with van der Waals surface area (Å²) >= 11 is 3.61. The Hall–Kier alpha value is -0.540. The van der Waals surface area contributed by atoms with E-state index in [-0.39, 0.29) is 0 Å². The Balaban J connectivity index is 1.98. The van der Waals surface area contributed by atoms with Gasteiger partial charge in [0.2, 0.25) is 0 Å². The lowest BCUT2D eigenvalue weighted by Crippen LogP contribution is -2.25. The molecule has 2 atom stereocenters. The van der Waals surface area contributed by atoms with Crippen LogP contribution in [-0.4, -0.2) is 12.6 Å². The molecule has 2 nitrogen and oxygen atoms in total. The van der Waals surface area contributed by atoms with Crippen molar-refractivity contribution in [2.24, 2.45) is 5.92 Å². The first-order chi connectivity index (χ1) is 9.72. The molecule has 2 rings (SSSR count). The number of nitrogens with one attached hydrogen (secondary N) is 1. The van der Waals surface area contributed by atoms with Gasteiger partial charge in [0, 0.05) is 11.0 Å². The second kappa shape index (κ2) is 8.04. The molecule has 0 aromatic heterocycles. The first-order valence-electron chi connectivity index (χ1n) is 7.88. The highest BCUT2D eigenvalue weighted by Gasteiger charge is 2.22. The van der Waals surface area contributed by atoms with Gasteiger partial charge in [0.05, 0.1) is 6.10 Å². The van der Waals surface area contributed by atoms with Gasteiger partial charge in [-0.2, -0.15) is 0 Å². The van der Waals surface area contributed by atoms with E-state index in [0.29, 0.717) is 6.10 Å². The van der Waals surface area contributed by atoms with Crippen molar-refractivity contribution >= 4 is 15.9 Å². The molecule has 1 N–H and O–H groups in total. The maximum Gasteiger partial charge on any atom is 0.120 e. The minimum atomic E-state index is 0.404. The van der Waals surface area contributed by atoms with Crippen molar-refractivity contribution in [1.82, 2.24) is 5.32 Å². The summed E-state index contributed by atoms with van der Waals surface area (Å²) in [5.41, 5.74) is 1.27. The average Bonchev–Trinajstić information content (AvgIpc) is 2.48. The normalized spacial score (nSPS) is 22.8. The zero-order valence-corrected chi connectivity index (χ0v) is 14.2. The van der Waals surface area contributed by atoms with Gasteiger partial charge >= 0.3 is 0 Å². The number of hydrogen-bond acceptors (Lipinski definition) is 2. The predicted octanol–water partition coefficient (Wildman–Crippen LogP) is 4.91. The van der Waals surface area contributed by atoms with E-state index >= 15 is 0 Å². The second-order valence-corrected chi connectivity index (χ2v) is 6.57. The SMILES string of the molecule is CCNCc1cc(OC2CCCC(CC)C2)ccc1Br. The van der Waals surface area contributed by atoms with Crippen LogP contribution in [0.3, 0.4) is 0 Å². The quantitative estimate of drug-likeness (QED) is 0.795. The van der Waals surface area contributed by atoms with Crippen LogP contribution in [0.5, 0.6) is 5.75 Å². The Morgan fingerprint density at radius 2 is 2.15 bits per heavy atom. The molecule has 1 aromatic carbocycles. The van der Waals surface area contributed by atoms with Crippen LogP contribution in [0.1, 0.15) is 51.5 Å². The molecule has 1 aliphatic carbocycles. The zero-order chi connectivity index (χ0) is 14.4. The number of hydrogen-bond donors (Lipinski definition) is 1. The molecule has 1 fully saturated rings. The van der Waals surface area contributed by atoms with E-state index in [1.165, 1.54) is 37.7 Å². The van der Waals surface area contributed by atoms with Crippen molar-refractivity contribution in [2.75, 3.05) is 6.54 Å². The Labute approximate surface area is 131 Å². The van der Waals surface area contributed by atoms with Gasteiger partial charge in [-0.1, -0.05) is 42.6 Å². The van der Waals surface area contributed by atoms with E-state index in [2.05, 4.69) is 53.3 Å². The summed E-state index contributed by atoms with van der Waals surface area (Å²) in [7, 11) is 0. The molecule has 1 saturated carbocycles. The fraction of sp³-hybridized carbons (Fsp3) is 0.647. The van der Waals surface area contributed by atoms with Crippen molar-refractivity contribution in [2.45, 2.75) is 58.6 Å². The molecule has 0 amide bonds. The molecule has 0 aliphatic heterocycles. The topological polar surface area (TPSA) is 21.3 Å². The highest BCUT2D eigenvalue weighted by atomic mass is 79.9. The monoisotopic (exact) mass is 339 g/mol. The van der Waals surface area contributed by atoms with Crippen LogP contribution in [0, 0.1) is 5.92 Å². The number of halogens is 1. The van der Waals surface area contributed by atoms with E-state index in [1.807, 2.05) is 0 Å². The van der Waals surface area contributed by atoms with Crippen LogP contribution in [0.15, 0.2) is 22.7 Å². The van der Waals surface area contributed by atoms with Crippen LogP contribution < -0.4 is 10.1 Å². The Kier molecular flexibility index (Phi) is 6.37. The summed E-state index contributed by atoms with van der Waals surface area (Å²) in [5.74, 6) is 1.87. The zero-order valence-electron chi connectivity index (χ0n) is 12.6. The minimum Gasteiger partial charge on any atom is -0.490 e. The van der Waals surface area contributed by atoms with Crippen LogP contribution in [-0.2, 0) is 6.54 Å². The van der Waals surface area contributed by atoms with Gasteiger partial charge < -0.3 is 10.1 Å². The van der Waals surface area contributed by atoms with Crippen molar-refractivity contribution < 1.29 is 4.74 Å². The first kappa shape index (κ1) is 15.8. The maximum absolute atomic E-state index is 6.21. The molecule has 20 heavy (non-hydrogen) atoms. The average molecular weight is 340 g/mol. The maximum atomic E-state index is 6.21. The van der Waals surface area contributed by atoms with Gasteiger partial charge in [0.15, 0.2) is 0 Å². The highest BCUT2D eigenvalue weighted by Crippen LogP contribution is 2.31. The summed E-state index contributed by atoms with van der Waals surface area (Å²) in [4.78, 5) is 0. The lowest BCUT2D eigenvalue weighted by Gasteiger charge is -2.29. The predicted molar refractivity (Wildman–Crippen MR) is 88.2 cm³/mol.